The Kier molecular flexibility index (Phi) is 5.07. The highest BCUT2D eigenvalue weighted by molar-refractivity contribution is 6.62. The summed E-state index contributed by atoms with van der Waals surface area (Å²) in [6.07, 6.45) is -2.54. The summed E-state index contributed by atoms with van der Waals surface area (Å²) in [4.78, 5) is 11.2. The van der Waals surface area contributed by atoms with E-state index in [-0.39, 0.29) is 5.56 Å². The van der Waals surface area contributed by atoms with Crippen LogP contribution in [0.1, 0.15) is 38.8 Å². The number of carbonyl (C=O) groups excluding carboxylic acids is 1. The third-order valence-electron chi connectivity index (χ3n) is 4.51. The molecule has 1 saturated heterocycles. The third-order valence-corrected chi connectivity index (χ3v) is 4.51. The average molecular weight is 356 g/mol. The molecule has 25 heavy (non-hydrogen) atoms. The molecule has 1 aromatic carbocycles. The van der Waals surface area contributed by atoms with Crippen LogP contribution in [0.15, 0.2) is 24.3 Å². The van der Waals surface area contributed by atoms with E-state index >= 15 is 0 Å². The van der Waals surface area contributed by atoms with Crippen LogP contribution in [0, 0.1) is 0 Å². The van der Waals surface area contributed by atoms with Gasteiger partial charge >= 0.3 is 19.3 Å². The Bertz CT molecular complexity index is 680. The molecule has 1 aromatic rings. The molecule has 0 aliphatic carbocycles. The van der Waals surface area contributed by atoms with E-state index in [2.05, 4.69) is 4.74 Å². The van der Waals surface area contributed by atoms with Crippen LogP contribution >= 0.6 is 0 Å². The highest BCUT2D eigenvalue weighted by Crippen LogP contribution is 2.37. The summed E-state index contributed by atoms with van der Waals surface area (Å²) < 4.78 is 55.7. The topological polar surface area (TPSA) is 44.8 Å². The van der Waals surface area contributed by atoms with E-state index in [1.807, 2.05) is 27.7 Å². The van der Waals surface area contributed by atoms with Gasteiger partial charge in [0.25, 0.3) is 0 Å². The fourth-order valence-corrected chi connectivity index (χ4v) is 2.33. The van der Waals surface area contributed by atoms with Crippen molar-refractivity contribution in [1.29, 1.82) is 0 Å². The number of rotatable bonds is 3. The van der Waals surface area contributed by atoms with Gasteiger partial charge in [-0.25, -0.2) is 4.79 Å². The van der Waals surface area contributed by atoms with E-state index in [1.165, 1.54) is 12.1 Å². The number of carbonyl (C=O) groups is 1. The maximum Gasteiger partial charge on any atom is 0.494 e. The smallest absolute Gasteiger partial charge is 0.466 e. The Morgan fingerprint density at radius 1 is 1.16 bits per heavy atom. The van der Waals surface area contributed by atoms with Crippen molar-refractivity contribution < 1.29 is 32.0 Å². The van der Waals surface area contributed by atoms with Crippen molar-refractivity contribution in [3.05, 3.63) is 35.4 Å². The van der Waals surface area contributed by atoms with E-state index in [1.54, 1.807) is 0 Å². The summed E-state index contributed by atoms with van der Waals surface area (Å²) in [5, 5.41) is 0. The number of ether oxygens (including phenoxy) is 1. The molecule has 0 aromatic heterocycles. The van der Waals surface area contributed by atoms with Gasteiger partial charge in [0.05, 0.1) is 23.9 Å². The van der Waals surface area contributed by atoms with E-state index < -0.39 is 36.0 Å². The van der Waals surface area contributed by atoms with E-state index in [0.29, 0.717) is 5.46 Å². The summed E-state index contributed by atoms with van der Waals surface area (Å²) in [6.45, 7) is 7.43. The van der Waals surface area contributed by atoms with Crippen molar-refractivity contribution >= 4 is 24.6 Å². The zero-order chi connectivity index (χ0) is 19.0. The molecule has 1 heterocycles. The number of esters is 1. The summed E-state index contributed by atoms with van der Waals surface area (Å²) >= 11 is 0. The maximum absolute atomic E-state index is 13.2. The molecule has 0 unspecified atom stereocenters. The maximum atomic E-state index is 13.2. The number of halogens is 3. The molecule has 8 heteroatoms. The van der Waals surface area contributed by atoms with Gasteiger partial charge in [0.15, 0.2) is 0 Å². The van der Waals surface area contributed by atoms with Gasteiger partial charge in [0.2, 0.25) is 0 Å². The first kappa shape index (κ1) is 19.5. The Balaban J connectivity index is 2.43. The highest BCUT2D eigenvalue weighted by atomic mass is 19.4. The number of hydrogen-bond donors (Lipinski definition) is 0. The standard InChI is InChI=1S/C17H20BF3O4/c1-15(2)16(3,4)25-18(24-15)12-7-8-13(17(19,20)21)11(10-12)6-9-14(22)23-5/h6-10H,1-5H3/b9-6+. The van der Waals surface area contributed by atoms with Gasteiger partial charge in [0.1, 0.15) is 0 Å². The largest absolute Gasteiger partial charge is 0.494 e. The van der Waals surface area contributed by atoms with Crippen molar-refractivity contribution in [2.45, 2.75) is 45.1 Å². The van der Waals surface area contributed by atoms with Gasteiger partial charge in [-0.05, 0) is 50.9 Å². The number of alkyl halides is 3. The Morgan fingerprint density at radius 3 is 2.20 bits per heavy atom. The minimum Gasteiger partial charge on any atom is -0.466 e. The van der Waals surface area contributed by atoms with Crippen LogP contribution in [0.25, 0.3) is 6.08 Å². The quantitative estimate of drug-likeness (QED) is 0.474. The first-order valence-corrected chi connectivity index (χ1v) is 7.70. The van der Waals surface area contributed by atoms with Gasteiger partial charge < -0.3 is 14.0 Å². The number of benzene rings is 1. The van der Waals surface area contributed by atoms with Crippen LogP contribution in [0.2, 0.25) is 0 Å². The second-order valence-corrected chi connectivity index (χ2v) is 6.79. The lowest BCUT2D eigenvalue weighted by atomic mass is 9.77. The molecule has 1 aliphatic rings. The lowest BCUT2D eigenvalue weighted by molar-refractivity contribution is -0.138. The summed E-state index contributed by atoms with van der Waals surface area (Å²) in [6, 6.07) is 3.59. The minimum absolute atomic E-state index is 0.162. The third kappa shape index (κ3) is 4.07. The van der Waals surface area contributed by atoms with Crippen LogP contribution < -0.4 is 5.46 Å². The summed E-state index contributed by atoms with van der Waals surface area (Å²) in [7, 11) is 0.357. The second kappa shape index (κ2) is 6.50. The highest BCUT2D eigenvalue weighted by Gasteiger charge is 2.51. The minimum atomic E-state index is -4.55. The van der Waals surface area contributed by atoms with Gasteiger partial charge in [0, 0.05) is 6.08 Å². The monoisotopic (exact) mass is 356 g/mol. The predicted molar refractivity (Wildman–Crippen MR) is 88.2 cm³/mol. The molecule has 0 bridgehead atoms. The normalized spacial score (nSPS) is 19.4. The van der Waals surface area contributed by atoms with E-state index in [4.69, 9.17) is 9.31 Å². The zero-order valence-electron chi connectivity index (χ0n) is 14.7. The van der Waals surface area contributed by atoms with E-state index in [0.717, 1.165) is 25.3 Å². The SMILES string of the molecule is COC(=O)/C=C/c1cc(B2OC(C)(C)C(C)(C)O2)ccc1C(F)(F)F. The molecule has 0 radical (unpaired) electrons. The second-order valence-electron chi connectivity index (χ2n) is 6.79. The lowest BCUT2D eigenvalue weighted by Crippen LogP contribution is -2.41. The number of methoxy groups -OCH3 is 1. The van der Waals surface area contributed by atoms with Gasteiger partial charge in [-0.2, -0.15) is 13.2 Å². The Morgan fingerprint density at radius 2 is 1.72 bits per heavy atom. The van der Waals surface area contributed by atoms with Crippen molar-refractivity contribution in [3.63, 3.8) is 0 Å². The van der Waals surface area contributed by atoms with Crippen molar-refractivity contribution in [3.8, 4) is 0 Å². The molecule has 4 nitrogen and oxygen atoms in total. The first-order chi connectivity index (χ1) is 11.4. The molecule has 0 atom stereocenters. The molecule has 136 valence electrons. The molecular weight excluding hydrogens is 336 g/mol. The van der Waals surface area contributed by atoms with Crippen LogP contribution in [0.5, 0.6) is 0 Å². The van der Waals surface area contributed by atoms with Crippen LogP contribution in [-0.4, -0.2) is 31.4 Å². The molecule has 0 amide bonds. The first-order valence-electron chi connectivity index (χ1n) is 7.70. The zero-order valence-corrected chi connectivity index (χ0v) is 14.7. The fourth-order valence-electron chi connectivity index (χ4n) is 2.33. The molecule has 0 N–H and O–H groups in total. The van der Waals surface area contributed by atoms with Crippen molar-refractivity contribution in [2.24, 2.45) is 0 Å². The Labute approximate surface area is 145 Å². The number of hydrogen-bond acceptors (Lipinski definition) is 4. The predicted octanol–water partition coefficient (Wildman–Crippen LogP) is 3.19. The molecular formula is C17H20BF3O4. The van der Waals surface area contributed by atoms with Crippen LogP contribution in [0.4, 0.5) is 13.2 Å². The lowest BCUT2D eigenvalue weighted by Gasteiger charge is -2.32. The van der Waals surface area contributed by atoms with Crippen LogP contribution in [0.3, 0.4) is 0 Å². The van der Waals surface area contributed by atoms with Gasteiger partial charge in [-0.3, -0.25) is 0 Å². The van der Waals surface area contributed by atoms with Crippen molar-refractivity contribution in [1.82, 2.24) is 0 Å². The van der Waals surface area contributed by atoms with Crippen molar-refractivity contribution in [2.75, 3.05) is 7.11 Å². The van der Waals surface area contributed by atoms with Gasteiger partial charge in [-0.1, -0.05) is 12.1 Å². The van der Waals surface area contributed by atoms with E-state index in [9.17, 15) is 18.0 Å². The Hall–Kier alpha value is -1.80. The molecule has 1 aliphatic heterocycles. The molecule has 0 saturated carbocycles. The summed E-state index contributed by atoms with van der Waals surface area (Å²) in [5.41, 5.74) is -1.79. The van der Waals surface area contributed by atoms with Gasteiger partial charge in [-0.15, -0.1) is 0 Å². The average Bonchev–Trinajstić information content (AvgIpc) is 2.71. The molecule has 2 rings (SSSR count). The molecule has 0 spiro atoms. The van der Waals surface area contributed by atoms with Crippen LogP contribution in [-0.2, 0) is 25.0 Å². The summed E-state index contributed by atoms with van der Waals surface area (Å²) in [5.74, 6) is -0.742. The molecule has 1 fully saturated rings. The fraction of sp³-hybridized carbons (Fsp3) is 0.471.